The molecule has 4 aliphatic rings. The fourth-order valence-corrected chi connectivity index (χ4v) is 5.89. The van der Waals surface area contributed by atoms with Crippen molar-refractivity contribution < 1.29 is 13.9 Å². The lowest BCUT2D eigenvalue weighted by Crippen LogP contribution is -2.51. The van der Waals surface area contributed by atoms with Crippen molar-refractivity contribution in [3.05, 3.63) is 23.5 Å². The van der Waals surface area contributed by atoms with Gasteiger partial charge in [0.05, 0.1) is 12.9 Å². The second-order valence-electron chi connectivity index (χ2n) is 7.85. The summed E-state index contributed by atoms with van der Waals surface area (Å²) in [5.41, 5.74) is 0.883. The minimum Gasteiger partial charge on any atom is -0.501 e. The summed E-state index contributed by atoms with van der Waals surface area (Å²) in [4.78, 5) is 12.3. The Kier molecular flexibility index (Phi) is 3.25. The van der Waals surface area contributed by atoms with E-state index in [2.05, 4.69) is 12.2 Å². The third kappa shape index (κ3) is 1.87. The molecule has 4 rings (SSSR count). The van der Waals surface area contributed by atoms with Crippen LogP contribution in [0.25, 0.3) is 0 Å². The number of halogens is 1. The van der Waals surface area contributed by atoms with Crippen LogP contribution in [0.3, 0.4) is 0 Å². The van der Waals surface area contributed by atoms with Crippen molar-refractivity contribution in [3.8, 4) is 0 Å². The number of carbonyl (C=O) groups excluding carboxylic acids is 1. The minimum absolute atomic E-state index is 0.110. The average molecular weight is 304 g/mol. The Morgan fingerprint density at radius 1 is 1.32 bits per heavy atom. The number of Topliss-reactive ketones (excluding diaryl/α,β-unsaturated/α-hetero) is 1. The number of fused-ring (bicyclic) bond motifs is 5. The first-order chi connectivity index (χ1) is 10.5. The maximum absolute atomic E-state index is 15.1. The van der Waals surface area contributed by atoms with Crippen molar-refractivity contribution in [3.63, 3.8) is 0 Å². The molecule has 0 aromatic rings. The van der Waals surface area contributed by atoms with Crippen molar-refractivity contribution in [2.45, 2.75) is 51.6 Å². The molecule has 0 N–H and O–H groups in total. The van der Waals surface area contributed by atoms with Crippen LogP contribution in [0.15, 0.2) is 23.5 Å². The van der Waals surface area contributed by atoms with E-state index < -0.39 is 11.6 Å². The van der Waals surface area contributed by atoms with Crippen LogP contribution in [-0.2, 0) is 9.53 Å². The smallest absolute Gasteiger partial charge is 0.139 e. The summed E-state index contributed by atoms with van der Waals surface area (Å²) in [5, 5.41) is 0. The maximum atomic E-state index is 15.1. The Morgan fingerprint density at radius 3 is 2.91 bits per heavy atom. The summed E-state index contributed by atoms with van der Waals surface area (Å²) >= 11 is 0. The lowest BCUT2D eigenvalue weighted by molar-refractivity contribution is -0.134. The van der Waals surface area contributed by atoms with Gasteiger partial charge in [0, 0.05) is 24.2 Å². The van der Waals surface area contributed by atoms with Crippen molar-refractivity contribution >= 4 is 5.78 Å². The van der Waals surface area contributed by atoms with E-state index in [1.807, 2.05) is 6.92 Å². The SMILES string of the molecule is COC1=CC2=CC[C@@H]3[C@H](C(F)C[C@]4(C)C(=O)CC[C@@H]34)[C@H]2CC1. The van der Waals surface area contributed by atoms with Gasteiger partial charge < -0.3 is 4.74 Å². The molecule has 2 fully saturated rings. The molecule has 0 heterocycles. The number of hydrogen-bond donors (Lipinski definition) is 0. The van der Waals surface area contributed by atoms with Gasteiger partial charge in [0.1, 0.15) is 12.0 Å². The monoisotopic (exact) mass is 304 g/mol. The van der Waals surface area contributed by atoms with E-state index in [0.29, 0.717) is 36.4 Å². The van der Waals surface area contributed by atoms with Gasteiger partial charge in [-0.15, -0.1) is 0 Å². The highest BCUT2D eigenvalue weighted by Crippen LogP contribution is 2.60. The van der Waals surface area contributed by atoms with Gasteiger partial charge in [-0.05, 0) is 55.1 Å². The van der Waals surface area contributed by atoms with Gasteiger partial charge in [0.25, 0.3) is 0 Å². The zero-order valence-electron chi connectivity index (χ0n) is 13.5. The Balaban J connectivity index is 1.69. The van der Waals surface area contributed by atoms with Gasteiger partial charge in [-0.3, -0.25) is 4.79 Å². The topological polar surface area (TPSA) is 26.3 Å². The van der Waals surface area contributed by atoms with Gasteiger partial charge in [0.2, 0.25) is 0 Å². The average Bonchev–Trinajstić information content (AvgIpc) is 2.81. The van der Waals surface area contributed by atoms with Crippen LogP contribution in [0.1, 0.15) is 45.4 Å². The molecule has 0 saturated heterocycles. The molecule has 0 amide bonds. The summed E-state index contributed by atoms with van der Waals surface area (Å²) in [6.07, 6.45) is 8.50. The van der Waals surface area contributed by atoms with Crippen LogP contribution >= 0.6 is 0 Å². The van der Waals surface area contributed by atoms with Crippen LogP contribution < -0.4 is 0 Å². The van der Waals surface area contributed by atoms with Crippen molar-refractivity contribution in [1.82, 2.24) is 0 Å². The van der Waals surface area contributed by atoms with E-state index in [-0.39, 0.29) is 5.92 Å². The Bertz CT molecular complexity index is 564. The highest BCUT2D eigenvalue weighted by molar-refractivity contribution is 5.87. The van der Waals surface area contributed by atoms with Gasteiger partial charge >= 0.3 is 0 Å². The molecule has 0 spiro atoms. The standard InChI is InChI=1S/C19H25FO2/c1-19-10-16(20)18-13-6-4-12(22-2)9-11(13)3-5-14(18)15(19)7-8-17(19)21/h3,9,13-16,18H,4-8,10H2,1-2H3/t13-,14-,15-,16?,18+,19-/m0/s1. The molecule has 120 valence electrons. The fraction of sp³-hybridized carbons (Fsp3) is 0.737. The molecule has 2 saturated carbocycles. The van der Waals surface area contributed by atoms with E-state index in [4.69, 9.17) is 4.74 Å². The number of rotatable bonds is 1. The first-order valence-electron chi connectivity index (χ1n) is 8.66. The van der Waals surface area contributed by atoms with E-state index in [0.717, 1.165) is 31.4 Å². The third-order valence-corrected chi connectivity index (χ3v) is 7.00. The molecule has 0 aliphatic heterocycles. The summed E-state index contributed by atoms with van der Waals surface area (Å²) in [7, 11) is 1.71. The molecule has 0 aromatic carbocycles. The Labute approximate surface area is 131 Å². The summed E-state index contributed by atoms with van der Waals surface area (Å²) in [6.45, 7) is 2.03. The van der Waals surface area contributed by atoms with E-state index in [1.165, 1.54) is 5.57 Å². The largest absolute Gasteiger partial charge is 0.501 e. The molecule has 0 radical (unpaired) electrons. The first-order valence-corrected chi connectivity index (χ1v) is 8.66. The zero-order chi connectivity index (χ0) is 15.5. The third-order valence-electron chi connectivity index (χ3n) is 7.00. The molecule has 6 atom stereocenters. The second-order valence-corrected chi connectivity index (χ2v) is 7.85. The Morgan fingerprint density at radius 2 is 2.14 bits per heavy atom. The van der Waals surface area contributed by atoms with Crippen molar-refractivity contribution in [2.24, 2.45) is 29.1 Å². The predicted octanol–water partition coefficient (Wildman–Crippen LogP) is 4.22. The van der Waals surface area contributed by atoms with Crippen LogP contribution in [0.4, 0.5) is 4.39 Å². The van der Waals surface area contributed by atoms with Crippen LogP contribution in [0.2, 0.25) is 0 Å². The number of methoxy groups -OCH3 is 1. The lowest BCUT2D eigenvalue weighted by Gasteiger charge is -2.52. The number of ketones is 1. The molecule has 1 unspecified atom stereocenters. The summed E-state index contributed by atoms with van der Waals surface area (Å²) in [6, 6.07) is 0. The normalized spacial score (nSPS) is 47.0. The van der Waals surface area contributed by atoms with Crippen LogP contribution in [0, 0.1) is 29.1 Å². The van der Waals surface area contributed by atoms with Crippen LogP contribution in [0.5, 0.6) is 0 Å². The Hall–Kier alpha value is -1.12. The molecule has 3 heteroatoms. The molecule has 22 heavy (non-hydrogen) atoms. The quantitative estimate of drug-likeness (QED) is 0.725. The number of hydrogen-bond acceptors (Lipinski definition) is 2. The molecular weight excluding hydrogens is 279 g/mol. The molecule has 0 bridgehead atoms. The summed E-state index contributed by atoms with van der Waals surface area (Å²) in [5.74, 6) is 2.51. The van der Waals surface area contributed by atoms with E-state index >= 15 is 4.39 Å². The number of alkyl halides is 1. The lowest BCUT2D eigenvalue weighted by atomic mass is 9.53. The molecular formula is C19H25FO2. The minimum atomic E-state index is -0.834. The second kappa shape index (κ2) is 4.94. The molecule has 4 aliphatic carbocycles. The number of ether oxygens (including phenoxy) is 1. The molecule has 2 nitrogen and oxygen atoms in total. The number of carbonyl (C=O) groups is 1. The first kappa shape index (κ1) is 14.5. The highest BCUT2D eigenvalue weighted by Gasteiger charge is 2.59. The van der Waals surface area contributed by atoms with Gasteiger partial charge in [-0.2, -0.15) is 0 Å². The predicted molar refractivity (Wildman–Crippen MR) is 82.8 cm³/mol. The fourth-order valence-electron chi connectivity index (χ4n) is 5.89. The summed E-state index contributed by atoms with van der Waals surface area (Å²) < 4.78 is 20.5. The zero-order valence-corrected chi connectivity index (χ0v) is 13.5. The van der Waals surface area contributed by atoms with Crippen LogP contribution in [-0.4, -0.2) is 19.1 Å². The number of allylic oxidation sites excluding steroid dienone is 4. The van der Waals surface area contributed by atoms with E-state index in [1.54, 1.807) is 7.11 Å². The highest BCUT2D eigenvalue weighted by atomic mass is 19.1. The van der Waals surface area contributed by atoms with Gasteiger partial charge in [0.15, 0.2) is 0 Å². The molecule has 0 aromatic heterocycles. The maximum Gasteiger partial charge on any atom is 0.139 e. The van der Waals surface area contributed by atoms with Crippen molar-refractivity contribution in [1.29, 1.82) is 0 Å². The van der Waals surface area contributed by atoms with Gasteiger partial charge in [-0.1, -0.05) is 13.0 Å². The van der Waals surface area contributed by atoms with E-state index in [9.17, 15) is 4.79 Å². The van der Waals surface area contributed by atoms with Gasteiger partial charge in [-0.25, -0.2) is 4.39 Å². The van der Waals surface area contributed by atoms with Crippen molar-refractivity contribution in [2.75, 3.05) is 7.11 Å².